The number of halogens is 3. The maximum atomic E-state index is 2.86. The maximum Gasteiger partial charge on any atom is -1.00 e. The molecule has 0 radical (unpaired) electrons. The fraction of sp³-hybridized carbons (Fsp3) is 0.542. The van der Waals surface area contributed by atoms with Gasteiger partial charge >= 0.3 is 369 Å². The molecule has 0 amide bonds. The van der Waals surface area contributed by atoms with Crippen molar-refractivity contribution in [3.8, 4) is 0 Å². The quantitative estimate of drug-likeness (QED) is 0.203. The average Bonchev–Trinajstić information content (AvgIpc) is 3.15. The first-order valence-corrected chi connectivity index (χ1v) is 45.2. The number of rotatable bonds is 10. The Bertz CT molecular complexity index is 1820. The van der Waals surface area contributed by atoms with Gasteiger partial charge < -0.3 is 37.2 Å². The van der Waals surface area contributed by atoms with Crippen molar-refractivity contribution >= 4 is 103 Å². The van der Waals surface area contributed by atoms with E-state index in [1.54, 1.807) is 74.5 Å². The Kier molecular flexibility index (Phi) is 17.7. The predicted molar refractivity (Wildman–Crippen MR) is 276 cm³/mol. The van der Waals surface area contributed by atoms with E-state index in [4.69, 9.17) is 0 Å². The van der Waals surface area contributed by atoms with Crippen LogP contribution in [0.15, 0.2) is 58.7 Å². The van der Waals surface area contributed by atoms with Gasteiger partial charge in [-0.05, 0) is 0 Å². The van der Waals surface area contributed by atoms with E-state index in [-0.39, 0.29) is 40.6 Å². The first-order chi connectivity index (χ1) is 24.9. The summed E-state index contributed by atoms with van der Waals surface area (Å²) in [5.41, 5.74) is 11.1. The molecule has 0 fully saturated rings. The van der Waals surface area contributed by atoms with Crippen LogP contribution in [-0.4, -0.2) is 56.5 Å². The summed E-state index contributed by atoms with van der Waals surface area (Å²) in [5, 5.41) is 15.2. The number of hydrogen-bond donors (Lipinski definition) is 0. The Morgan fingerprint density at radius 1 is 0.322 bits per heavy atom. The van der Waals surface area contributed by atoms with E-state index in [2.05, 4.69) is 223 Å². The van der Waals surface area contributed by atoms with E-state index >= 15 is 0 Å². The molecule has 4 rings (SSSR count). The third-order valence-corrected chi connectivity index (χ3v) is 34.8. The second-order valence-electron chi connectivity index (χ2n) is 24.1. The Balaban J connectivity index is 0.00000580. The zero-order valence-corrected chi connectivity index (χ0v) is 52.9. The van der Waals surface area contributed by atoms with E-state index in [0.29, 0.717) is 0 Å². The molecule has 0 saturated carbocycles. The minimum Gasteiger partial charge on any atom is -1.00 e. The summed E-state index contributed by atoms with van der Waals surface area (Å²) in [4.78, 5) is 0. The molecule has 0 unspecified atom stereocenters. The smallest absolute Gasteiger partial charge is 1.00 e. The maximum absolute atomic E-state index is 3.04. The molecule has 0 heterocycles. The van der Waals surface area contributed by atoms with Crippen LogP contribution < -0.4 is 83.9 Å². The predicted octanol–water partition coefficient (Wildman–Crippen LogP) is 0.296. The van der Waals surface area contributed by atoms with Crippen molar-refractivity contribution in [2.75, 3.05) is 0 Å². The van der Waals surface area contributed by atoms with Crippen molar-refractivity contribution in [2.45, 2.75) is 170 Å². The zero-order valence-electron chi connectivity index (χ0n) is 42.1. The SMILES string of the molecule is CC1=C(C)[C]([Ti+3])([Si](c2cc([Si](C)(C)C)c(C)c([Si](C)(C)C)c2)(c2cc([Si](C)(C)C)c(C)c([Si](C)(C)C)c2)c2cc([Si](C)(C)C)c(C)c([Si](C)(C)C)c2)C(C)=C1C.[Cl-].[Cl-].[Cl-]. The molecular formula is C48H81Cl3Si7Ti. The van der Waals surface area contributed by atoms with Gasteiger partial charge in [-0.3, -0.25) is 0 Å². The molecule has 0 N–H and O–H groups in total. The van der Waals surface area contributed by atoms with Crippen LogP contribution in [0.5, 0.6) is 0 Å². The molecule has 0 saturated heterocycles. The van der Waals surface area contributed by atoms with Crippen LogP contribution >= 0.6 is 0 Å². The van der Waals surface area contributed by atoms with E-state index < -0.39 is 56.5 Å². The summed E-state index contributed by atoms with van der Waals surface area (Å²) >= 11 is 2.75. The number of benzene rings is 3. The van der Waals surface area contributed by atoms with E-state index in [9.17, 15) is 0 Å². The van der Waals surface area contributed by atoms with Crippen molar-refractivity contribution < 1.29 is 57.7 Å². The molecule has 0 nitrogen and oxygen atoms in total. The largest absolute Gasteiger partial charge is 1.00 e. The van der Waals surface area contributed by atoms with Crippen LogP contribution in [0, 0.1) is 20.8 Å². The van der Waals surface area contributed by atoms with Crippen LogP contribution in [0.4, 0.5) is 0 Å². The van der Waals surface area contributed by atoms with Crippen molar-refractivity contribution in [3.05, 3.63) is 75.4 Å². The fourth-order valence-corrected chi connectivity index (χ4v) is 31.5. The molecule has 1 aliphatic rings. The van der Waals surface area contributed by atoms with Crippen molar-refractivity contribution in [1.29, 1.82) is 0 Å². The molecule has 3 aromatic carbocycles. The van der Waals surface area contributed by atoms with Crippen LogP contribution in [0.25, 0.3) is 0 Å². The standard InChI is InChI=1S/C48H81Si7.3ClH.Ti/c1-32-33(2)35(4)48(34(32)3)55(39-26-42(49(8,9)10)36(5)43(27-39)50(11,12)13,40-28-44(51(14,15)16)37(6)45(29-40)52(17,18)19)41-30-46(53(20,21)22)38(7)47(31-41)54(23,24)25;;;;/h26-31H,1-25H3;3*1H;/q;;;;+3/p-3. The van der Waals surface area contributed by atoms with Gasteiger partial charge in [0.1, 0.15) is 0 Å². The first-order valence-electron chi connectivity index (χ1n) is 21.5. The molecule has 326 valence electrons. The second-order valence-corrected chi connectivity index (χ2v) is 60.3. The second kappa shape index (κ2) is 18.3. The molecule has 59 heavy (non-hydrogen) atoms. The van der Waals surface area contributed by atoms with Crippen molar-refractivity contribution in [3.63, 3.8) is 0 Å². The molecule has 0 spiro atoms. The third-order valence-electron chi connectivity index (χ3n) is 13.7. The fourth-order valence-electron chi connectivity index (χ4n) is 10.6. The summed E-state index contributed by atoms with van der Waals surface area (Å²) in [6.45, 7) is 64.4. The van der Waals surface area contributed by atoms with Crippen molar-refractivity contribution in [2.24, 2.45) is 0 Å². The summed E-state index contributed by atoms with van der Waals surface area (Å²) in [5.74, 6) is 0. The topological polar surface area (TPSA) is 0 Å². The molecule has 1 aliphatic carbocycles. The summed E-state index contributed by atoms with van der Waals surface area (Å²) in [7, 11) is -13.6. The van der Waals surface area contributed by atoms with Gasteiger partial charge in [-0.1, -0.05) is 0 Å². The van der Waals surface area contributed by atoms with Crippen LogP contribution in [0.1, 0.15) is 44.4 Å². The van der Waals surface area contributed by atoms with E-state index in [1.165, 1.54) is 11.1 Å². The zero-order chi connectivity index (χ0) is 43.5. The van der Waals surface area contributed by atoms with E-state index in [0.717, 1.165) is 0 Å². The molecule has 0 atom stereocenters. The summed E-state index contributed by atoms with van der Waals surface area (Å²) in [6, 6.07) is 17.1. The van der Waals surface area contributed by atoms with Crippen LogP contribution in [0.2, 0.25) is 121 Å². The van der Waals surface area contributed by atoms with Gasteiger partial charge in [0.2, 0.25) is 0 Å². The summed E-state index contributed by atoms with van der Waals surface area (Å²) < 4.78 is -0.144. The summed E-state index contributed by atoms with van der Waals surface area (Å²) in [6.07, 6.45) is 0. The molecule has 0 bridgehead atoms. The van der Waals surface area contributed by atoms with E-state index in [1.807, 2.05) is 0 Å². The average molecular weight is 1010 g/mol. The van der Waals surface area contributed by atoms with Gasteiger partial charge in [-0.15, -0.1) is 0 Å². The van der Waals surface area contributed by atoms with Gasteiger partial charge in [0.15, 0.2) is 0 Å². The minimum absolute atomic E-state index is 0. The van der Waals surface area contributed by atoms with Crippen LogP contribution in [-0.2, 0) is 20.4 Å². The molecule has 0 aliphatic heterocycles. The first kappa shape index (κ1) is 57.3. The molecule has 11 heteroatoms. The van der Waals surface area contributed by atoms with Crippen LogP contribution in [0.3, 0.4) is 0 Å². The van der Waals surface area contributed by atoms with Gasteiger partial charge in [0, 0.05) is 0 Å². The Morgan fingerprint density at radius 3 is 0.610 bits per heavy atom. The third kappa shape index (κ3) is 10.1. The van der Waals surface area contributed by atoms with Gasteiger partial charge in [0.05, 0.1) is 0 Å². The number of allylic oxidation sites excluding steroid dienone is 4. The molecular weight excluding hydrogens is 927 g/mol. The molecule has 3 aromatic rings. The van der Waals surface area contributed by atoms with Gasteiger partial charge in [0.25, 0.3) is 0 Å². The Morgan fingerprint density at radius 2 is 0.475 bits per heavy atom. The van der Waals surface area contributed by atoms with Gasteiger partial charge in [-0.25, -0.2) is 0 Å². The van der Waals surface area contributed by atoms with Gasteiger partial charge in [-0.2, -0.15) is 0 Å². The Hall–Kier alpha value is 0.242. The molecule has 0 aromatic heterocycles. The Labute approximate surface area is 402 Å². The normalized spacial score (nSPS) is 15.6. The monoisotopic (exact) mass is 1010 g/mol. The number of hydrogen-bond acceptors (Lipinski definition) is 0. The van der Waals surface area contributed by atoms with Crippen molar-refractivity contribution in [1.82, 2.24) is 0 Å². The minimum atomic E-state index is -3.04.